The van der Waals surface area contributed by atoms with E-state index in [-0.39, 0.29) is 6.61 Å². The summed E-state index contributed by atoms with van der Waals surface area (Å²) >= 11 is 0. The highest BCUT2D eigenvalue weighted by Crippen LogP contribution is 2.18. The van der Waals surface area contributed by atoms with Gasteiger partial charge in [-0.15, -0.1) is 0 Å². The van der Waals surface area contributed by atoms with Crippen LogP contribution < -0.4 is 10.2 Å². The first-order valence-electron chi connectivity index (χ1n) is 5.28. The van der Waals surface area contributed by atoms with Gasteiger partial charge in [0.2, 0.25) is 10.0 Å². The van der Waals surface area contributed by atoms with Gasteiger partial charge >= 0.3 is 5.97 Å². The third-order valence-electron chi connectivity index (χ3n) is 2.50. The molecule has 0 bridgehead atoms. The van der Waals surface area contributed by atoms with Crippen molar-refractivity contribution in [3.63, 3.8) is 0 Å². The molecule has 0 spiro atoms. The molecular formula is C10H9FN2O6S. The van der Waals surface area contributed by atoms with Crippen LogP contribution in [0.2, 0.25) is 0 Å². The Bertz CT molecular complexity index is 674. The minimum Gasteiger partial charge on any atom is -0.478 e. The van der Waals surface area contributed by atoms with Crippen LogP contribution in [0.4, 0.5) is 4.39 Å². The maximum atomic E-state index is 13.1. The third-order valence-corrected chi connectivity index (χ3v) is 4.01. The molecule has 0 aliphatic carbocycles. The summed E-state index contributed by atoms with van der Waals surface area (Å²) in [4.78, 5) is 26.0. The third kappa shape index (κ3) is 2.76. The molecule has 20 heavy (non-hydrogen) atoms. The van der Waals surface area contributed by atoms with Gasteiger partial charge in [-0.05, 0) is 18.2 Å². The maximum Gasteiger partial charge on any atom is 0.337 e. The van der Waals surface area contributed by atoms with Gasteiger partial charge in [0.25, 0.3) is 5.91 Å². The van der Waals surface area contributed by atoms with Gasteiger partial charge in [-0.3, -0.25) is 9.63 Å². The van der Waals surface area contributed by atoms with E-state index in [9.17, 15) is 22.4 Å². The second-order valence-electron chi connectivity index (χ2n) is 3.90. The summed E-state index contributed by atoms with van der Waals surface area (Å²) in [5.41, 5.74) is 1.34. The lowest BCUT2D eigenvalue weighted by atomic mass is 10.2. The number of hydrogen-bond acceptors (Lipinski definition) is 5. The van der Waals surface area contributed by atoms with Gasteiger partial charge in [0.15, 0.2) is 0 Å². The van der Waals surface area contributed by atoms with Crippen molar-refractivity contribution in [2.75, 3.05) is 6.61 Å². The van der Waals surface area contributed by atoms with E-state index >= 15 is 0 Å². The van der Waals surface area contributed by atoms with Crippen LogP contribution in [0.1, 0.15) is 10.4 Å². The van der Waals surface area contributed by atoms with Gasteiger partial charge < -0.3 is 5.11 Å². The van der Waals surface area contributed by atoms with Gasteiger partial charge in [0.05, 0.1) is 10.5 Å². The molecule has 1 aromatic carbocycles. The number of halogens is 1. The Labute approximate surface area is 112 Å². The molecule has 0 aromatic heterocycles. The fourth-order valence-corrected chi connectivity index (χ4v) is 2.97. The van der Waals surface area contributed by atoms with E-state index in [1.54, 1.807) is 0 Å². The number of hydroxylamine groups is 1. The zero-order chi connectivity index (χ0) is 14.9. The summed E-state index contributed by atoms with van der Waals surface area (Å²) in [5.74, 6) is -3.16. The number of hydrogen-bond donors (Lipinski definition) is 3. The van der Waals surface area contributed by atoms with Crippen molar-refractivity contribution >= 4 is 21.9 Å². The van der Waals surface area contributed by atoms with E-state index < -0.39 is 44.2 Å². The molecule has 2 rings (SSSR count). The van der Waals surface area contributed by atoms with E-state index in [1.807, 2.05) is 10.2 Å². The Hall–Kier alpha value is -2.04. The standard InChI is InChI=1S/C10H9FN2O6S/c11-5-1-2-6(10(15)16)8(3-5)20(17,18)13-7-4-19-12-9(7)14/h1-3,7,13H,4H2,(H,12,14)(H,15,16)/t7-/m1/s1. The van der Waals surface area contributed by atoms with Crippen molar-refractivity contribution in [3.05, 3.63) is 29.6 Å². The quantitative estimate of drug-likeness (QED) is 0.671. The number of amides is 1. The fraction of sp³-hybridized carbons (Fsp3) is 0.200. The molecule has 1 amide bonds. The molecule has 1 fully saturated rings. The molecule has 8 nitrogen and oxygen atoms in total. The second-order valence-corrected chi connectivity index (χ2v) is 5.58. The van der Waals surface area contributed by atoms with E-state index in [1.165, 1.54) is 0 Å². The molecule has 3 N–H and O–H groups in total. The Morgan fingerprint density at radius 3 is 2.75 bits per heavy atom. The molecule has 0 unspecified atom stereocenters. The molecular weight excluding hydrogens is 295 g/mol. The summed E-state index contributed by atoms with van der Waals surface area (Å²) in [6.45, 7) is -0.254. The summed E-state index contributed by atoms with van der Waals surface area (Å²) in [6, 6.07) is 1.02. The molecule has 1 atom stereocenters. The van der Waals surface area contributed by atoms with Gasteiger partial charge in [-0.2, -0.15) is 4.72 Å². The predicted octanol–water partition coefficient (Wildman–Crippen LogP) is -0.768. The van der Waals surface area contributed by atoms with Crippen LogP contribution in [-0.2, 0) is 19.7 Å². The maximum absolute atomic E-state index is 13.1. The highest BCUT2D eigenvalue weighted by Gasteiger charge is 2.32. The summed E-state index contributed by atoms with van der Waals surface area (Å²) in [7, 11) is -4.39. The van der Waals surface area contributed by atoms with Gasteiger partial charge in [-0.25, -0.2) is 23.1 Å². The van der Waals surface area contributed by atoms with Gasteiger partial charge in [0.1, 0.15) is 18.5 Å². The number of nitrogens with one attached hydrogen (secondary N) is 2. The number of carboxylic acid groups (broad SMARTS) is 1. The molecule has 0 saturated carbocycles. The second kappa shape index (κ2) is 5.15. The van der Waals surface area contributed by atoms with Crippen LogP contribution >= 0.6 is 0 Å². The highest BCUT2D eigenvalue weighted by molar-refractivity contribution is 7.89. The molecule has 1 aliphatic heterocycles. The van der Waals surface area contributed by atoms with Crippen molar-refractivity contribution in [1.82, 2.24) is 10.2 Å². The Kier molecular flexibility index (Phi) is 3.70. The zero-order valence-electron chi connectivity index (χ0n) is 9.79. The molecule has 108 valence electrons. The summed E-state index contributed by atoms with van der Waals surface area (Å²) < 4.78 is 39.2. The topological polar surface area (TPSA) is 122 Å². The van der Waals surface area contributed by atoms with E-state index in [0.717, 1.165) is 12.1 Å². The number of carbonyl (C=O) groups is 2. The Morgan fingerprint density at radius 2 is 2.20 bits per heavy atom. The van der Waals surface area contributed by atoms with Crippen LogP contribution in [0.25, 0.3) is 0 Å². The van der Waals surface area contributed by atoms with E-state index in [2.05, 4.69) is 4.84 Å². The lowest BCUT2D eigenvalue weighted by Crippen LogP contribution is -2.42. The zero-order valence-corrected chi connectivity index (χ0v) is 10.6. The van der Waals surface area contributed by atoms with Gasteiger partial charge in [-0.1, -0.05) is 0 Å². The summed E-state index contributed by atoms with van der Waals surface area (Å²) in [5, 5.41) is 8.91. The number of aromatic carboxylic acids is 1. The van der Waals surface area contributed by atoms with Crippen molar-refractivity contribution in [2.24, 2.45) is 0 Å². The number of carboxylic acids is 1. The summed E-state index contributed by atoms with van der Waals surface area (Å²) in [6.07, 6.45) is 0. The highest BCUT2D eigenvalue weighted by atomic mass is 32.2. The number of carbonyl (C=O) groups excluding carboxylic acids is 1. The average molecular weight is 304 g/mol. The molecule has 1 aliphatic rings. The monoisotopic (exact) mass is 304 g/mol. The minimum absolute atomic E-state index is 0.254. The first-order valence-corrected chi connectivity index (χ1v) is 6.76. The molecule has 0 radical (unpaired) electrons. The molecule has 10 heteroatoms. The first kappa shape index (κ1) is 14.4. The number of benzene rings is 1. The van der Waals surface area contributed by atoms with Crippen LogP contribution in [-0.4, -0.2) is 38.0 Å². The smallest absolute Gasteiger partial charge is 0.337 e. The van der Waals surface area contributed by atoms with Crippen molar-refractivity contribution < 1.29 is 32.3 Å². The minimum atomic E-state index is -4.39. The lowest BCUT2D eigenvalue weighted by Gasteiger charge is -2.11. The van der Waals surface area contributed by atoms with Crippen molar-refractivity contribution in [2.45, 2.75) is 10.9 Å². The predicted molar refractivity (Wildman–Crippen MR) is 61.6 cm³/mol. The van der Waals surface area contributed by atoms with E-state index in [0.29, 0.717) is 6.07 Å². The number of rotatable bonds is 4. The van der Waals surface area contributed by atoms with Crippen LogP contribution in [0.3, 0.4) is 0 Å². The molecule has 1 heterocycles. The lowest BCUT2D eigenvalue weighted by molar-refractivity contribution is -0.124. The first-order chi connectivity index (χ1) is 9.31. The van der Waals surface area contributed by atoms with Crippen molar-refractivity contribution in [3.8, 4) is 0 Å². The molecule has 1 aromatic rings. The normalized spacial score (nSPS) is 18.9. The van der Waals surface area contributed by atoms with Gasteiger partial charge in [0, 0.05) is 0 Å². The SMILES string of the molecule is O=C(O)c1ccc(F)cc1S(=O)(=O)N[C@@H]1CONC1=O. The van der Waals surface area contributed by atoms with Crippen LogP contribution in [0, 0.1) is 5.82 Å². The Balaban J connectivity index is 2.40. The Morgan fingerprint density at radius 1 is 1.50 bits per heavy atom. The largest absolute Gasteiger partial charge is 0.478 e. The van der Waals surface area contributed by atoms with Crippen molar-refractivity contribution in [1.29, 1.82) is 0 Å². The average Bonchev–Trinajstić information content (AvgIpc) is 2.74. The van der Waals surface area contributed by atoms with Crippen LogP contribution in [0.15, 0.2) is 23.1 Å². The van der Waals surface area contributed by atoms with Crippen LogP contribution in [0.5, 0.6) is 0 Å². The fourth-order valence-electron chi connectivity index (χ4n) is 1.58. The number of sulfonamides is 1. The van der Waals surface area contributed by atoms with E-state index in [4.69, 9.17) is 5.11 Å². The molecule has 1 saturated heterocycles.